The summed E-state index contributed by atoms with van der Waals surface area (Å²) in [5.74, 6) is 0.0290. The van der Waals surface area contributed by atoms with E-state index in [1.165, 1.54) is 0 Å². The van der Waals surface area contributed by atoms with Crippen molar-refractivity contribution in [2.24, 2.45) is 0 Å². The standard InChI is InChI=1S/C27H24N2O2S/c30-25(22-12-5-2-6-13-22)15-8-16-26(31)28-18-20-9-7-14-23(17-20)27-29-24(19-32-27)21-10-3-1-4-11-21/h1-7,9-14,17,19H,8,15-16,18H2,(H,28,31). The van der Waals surface area contributed by atoms with E-state index in [4.69, 9.17) is 4.98 Å². The molecule has 4 aromatic rings. The van der Waals surface area contributed by atoms with Gasteiger partial charge in [-0.1, -0.05) is 78.9 Å². The fraction of sp³-hybridized carbons (Fsp3) is 0.148. The molecule has 1 amide bonds. The summed E-state index contributed by atoms with van der Waals surface area (Å²) in [6.07, 6.45) is 1.26. The Hall–Kier alpha value is -3.57. The number of Topliss-reactive ketones (excluding diaryl/α,β-unsaturated/α-hetero) is 1. The third-order valence-electron chi connectivity index (χ3n) is 5.14. The molecule has 1 N–H and O–H groups in total. The predicted octanol–water partition coefficient (Wildman–Crippen LogP) is 6.15. The van der Waals surface area contributed by atoms with Crippen molar-refractivity contribution in [1.29, 1.82) is 0 Å². The molecule has 0 spiro atoms. The van der Waals surface area contributed by atoms with Gasteiger partial charge in [-0.05, 0) is 18.1 Å². The Morgan fingerprint density at radius 2 is 1.53 bits per heavy atom. The Bertz CT molecular complexity index is 1190. The quantitative estimate of drug-likeness (QED) is 0.318. The Morgan fingerprint density at radius 3 is 2.31 bits per heavy atom. The summed E-state index contributed by atoms with van der Waals surface area (Å²) in [4.78, 5) is 29.1. The lowest BCUT2D eigenvalue weighted by Crippen LogP contribution is -2.22. The van der Waals surface area contributed by atoms with Crippen LogP contribution in [0.15, 0.2) is 90.3 Å². The molecule has 32 heavy (non-hydrogen) atoms. The molecule has 0 radical (unpaired) electrons. The van der Waals surface area contributed by atoms with Crippen LogP contribution in [0, 0.1) is 0 Å². The van der Waals surface area contributed by atoms with Crippen LogP contribution in [-0.4, -0.2) is 16.7 Å². The molecule has 1 aromatic heterocycles. The molecule has 160 valence electrons. The topological polar surface area (TPSA) is 59.1 Å². The fourth-order valence-corrected chi connectivity index (χ4v) is 4.26. The molecule has 0 saturated carbocycles. The van der Waals surface area contributed by atoms with Crippen LogP contribution in [-0.2, 0) is 11.3 Å². The Kier molecular flexibility index (Phi) is 7.20. The number of benzene rings is 3. The summed E-state index contributed by atoms with van der Waals surface area (Å²) < 4.78 is 0. The van der Waals surface area contributed by atoms with E-state index in [9.17, 15) is 9.59 Å². The molecule has 0 fully saturated rings. The number of rotatable bonds is 9. The van der Waals surface area contributed by atoms with E-state index in [1.807, 2.05) is 54.6 Å². The third kappa shape index (κ3) is 5.77. The second kappa shape index (κ2) is 10.6. The van der Waals surface area contributed by atoms with Gasteiger partial charge < -0.3 is 5.32 Å². The molecule has 5 heteroatoms. The van der Waals surface area contributed by atoms with Crippen molar-refractivity contribution in [2.75, 3.05) is 0 Å². The summed E-state index contributed by atoms with van der Waals surface area (Å²) in [7, 11) is 0. The molecule has 0 atom stereocenters. The van der Waals surface area contributed by atoms with Crippen molar-refractivity contribution >= 4 is 23.0 Å². The highest BCUT2D eigenvalue weighted by atomic mass is 32.1. The summed E-state index contributed by atoms with van der Waals surface area (Å²) in [5.41, 5.74) is 4.82. The number of nitrogens with one attached hydrogen (secondary N) is 1. The highest BCUT2D eigenvalue weighted by molar-refractivity contribution is 7.13. The first kappa shape index (κ1) is 21.7. The van der Waals surface area contributed by atoms with Crippen LogP contribution in [0.1, 0.15) is 35.2 Å². The van der Waals surface area contributed by atoms with E-state index in [0.29, 0.717) is 31.4 Å². The van der Waals surface area contributed by atoms with Gasteiger partial charge in [0.05, 0.1) is 5.69 Å². The molecule has 0 bridgehead atoms. The van der Waals surface area contributed by atoms with E-state index < -0.39 is 0 Å². The van der Waals surface area contributed by atoms with Crippen LogP contribution < -0.4 is 5.32 Å². The molecule has 4 rings (SSSR count). The average molecular weight is 441 g/mol. The van der Waals surface area contributed by atoms with Crippen LogP contribution in [0.3, 0.4) is 0 Å². The smallest absolute Gasteiger partial charge is 0.220 e. The Morgan fingerprint density at radius 1 is 0.812 bits per heavy atom. The molecular weight excluding hydrogens is 416 g/mol. The van der Waals surface area contributed by atoms with Gasteiger partial charge in [-0.25, -0.2) is 4.98 Å². The molecule has 3 aromatic carbocycles. The van der Waals surface area contributed by atoms with Crippen molar-refractivity contribution in [3.8, 4) is 21.8 Å². The van der Waals surface area contributed by atoms with Crippen molar-refractivity contribution in [2.45, 2.75) is 25.8 Å². The zero-order valence-corrected chi connectivity index (χ0v) is 18.5. The minimum atomic E-state index is -0.0446. The number of thiazole rings is 1. The average Bonchev–Trinajstić information content (AvgIpc) is 3.34. The van der Waals surface area contributed by atoms with Crippen LogP contribution in [0.25, 0.3) is 21.8 Å². The van der Waals surface area contributed by atoms with Crippen LogP contribution in [0.5, 0.6) is 0 Å². The molecule has 0 aliphatic carbocycles. The van der Waals surface area contributed by atoms with Crippen molar-refractivity contribution in [3.63, 3.8) is 0 Å². The molecule has 1 heterocycles. The zero-order valence-electron chi connectivity index (χ0n) is 17.7. The first-order valence-corrected chi connectivity index (χ1v) is 11.5. The maximum Gasteiger partial charge on any atom is 0.220 e. The lowest BCUT2D eigenvalue weighted by Gasteiger charge is -2.07. The summed E-state index contributed by atoms with van der Waals surface area (Å²) >= 11 is 1.61. The van der Waals surface area contributed by atoms with Gasteiger partial charge in [0.2, 0.25) is 5.91 Å². The van der Waals surface area contributed by atoms with Crippen LogP contribution in [0.4, 0.5) is 0 Å². The van der Waals surface area contributed by atoms with E-state index >= 15 is 0 Å². The van der Waals surface area contributed by atoms with E-state index in [0.717, 1.165) is 27.4 Å². The van der Waals surface area contributed by atoms with Gasteiger partial charge in [-0.2, -0.15) is 0 Å². The minimum absolute atomic E-state index is 0.0446. The summed E-state index contributed by atoms with van der Waals surface area (Å²) in [6, 6.07) is 27.4. The first-order valence-electron chi connectivity index (χ1n) is 10.6. The molecule has 0 unspecified atom stereocenters. The number of hydrogen-bond acceptors (Lipinski definition) is 4. The van der Waals surface area contributed by atoms with Crippen molar-refractivity contribution < 1.29 is 9.59 Å². The highest BCUT2D eigenvalue weighted by Gasteiger charge is 2.09. The first-order chi connectivity index (χ1) is 15.7. The number of carbonyl (C=O) groups excluding carboxylic acids is 2. The molecular formula is C27H24N2O2S. The maximum atomic E-state index is 12.2. The van der Waals surface area contributed by atoms with Gasteiger partial charge in [0.1, 0.15) is 5.01 Å². The summed E-state index contributed by atoms with van der Waals surface area (Å²) in [5, 5.41) is 5.98. The Labute approximate surface area is 192 Å². The normalized spacial score (nSPS) is 10.6. The second-order valence-electron chi connectivity index (χ2n) is 7.52. The van der Waals surface area contributed by atoms with E-state index in [2.05, 4.69) is 28.9 Å². The number of hydrogen-bond donors (Lipinski definition) is 1. The monoisotopic (exact) mass is 440 g/mol. The predicted molar refractivity (Wildman–Crippen MR) is 129 cm³/mol. The summed E-state index contributed by atoms with van der Waals surface area (Å²) in [6.45, 7) is 0.455. The van der Waals surface area contributed by atoms with Gasteiger partial charge in [-0.3, -0.25) is 9.59 Å². The molecule has 4 nitrogen and oxygen atoms in total. The van der Waals surface area contributed by atoms with E-state index in [1.54, 1.807) is 23.5 Å². The molecule has 0 aliphatic heterocycles. The number of ketones is 1. The molecule has 0 saturated heterocycles. The lowest BCUT2D eigenvalue weighted by atomic mass is 10.1. The highest BCUT2D eigenvalue weighted by Crippen LogP contribution is 2.29. The van der Waals surface area contributed by atoms with Crippen LogP contribution >= 0.6 is 11.3 Å². The number of amides is 1. The van der Waals surface area contributed by atoms with Gasteiger partial charge in [-0.15, -0.1) is 11.3 Å². The van der Waals surface area contributed by atoms with Gasteiger partial charge >= 0.3 is 0 Å². The zero-order chi connectivity index (χ0) is 22.2. The number of aromatic nitrogens is 1. The number of carbonyl (C=O) groups is 2. The molecule has 0 aliphatic rings. The Balaban J connectivity index is 1.28. The largest absolute Gasteiger partial charge is 0.352 e. The number of nitrogens with zero attached hydrogens (tertiary/aromatic N) is 1. The third-order valence-corrected chi connectivity index (χ3v) is 6.03. The van der Waals surface area contributed by atoms with Gasteiger partial charge in [0, 0.05) is 41.5 Å². The SMILES string of the molecule is O=C(CCCC(=O)c1ccccc1)NCc1cccc(-c2nc(-c3ccccc3)cs2)c1. The van der Waals surface area contributed by atoms with Crippen molar-refractivity contribution in [1.82, 2.24) is 10.3 Å². The van der Waals surface area contributed by atoms with Crippen molar-refractivity contribution in [3.05, 3.63) is 101 Å². The second-order valence-corrected chi connectivity index (χ2v) is 8.38. The van der Waals surface area contributed by atoms with E-state index in [-0.39, 0.29) is 11.7 Å². The fourth-order valence-electron chi connectivity index (χ4n) is 3.43. The van der Waals surface area contributed by atoms with Crippen LogP contribution in [0.2, 0.25) is 0 Å². The lowest BCUT2D eigenvalue weighted by molar-refractivity contribution is -0.121. The minimum Gasteiger partial charge on any atom is -0.352 e. The maximum absolute atomic E-state index is 12.2. The van der Waals surface area contributed by atoms with Gasteiger partial charge in [0.25, 0.3) is 0 Å². The van der Waals surface area contributed by atoms with Gasteiger partial charge in [0.15, 0.2) is 5.78 Å².